The molecule has 0 saturated carbocycles. The van der Waals surface area contributed by atoms with E-state index in [0.717, 1.165) is 16.9 Å². The zero-order valence-corrected chi connectivity index (χ0v) is 32.0. The maximum Gasteiger partial charge on any atom is 0.311 e. The quantitative estimate of drug-likeness (QED) is 0.0655. The molecule has 2 N–H and O–H groups in total. The molecule has 0 aliphatic rings. The summed E-state index contributed by atoms with van der Waals surface area (Å²) in [7, 11) is 0.187. The van der Waals surface area contributed by atoms with Crippen molar-refractivity contribution in [2.24, 2.45) is 11.8 Å². The summed E-state index contributed by atoms with van der Waals surface area (Å²) in [5.41, 5.74) is 2.45. The Bertz CT molecular complexity index is 1500. The second-order valence-electron chi connectivity index (χ2n) is 14.0. The standard InChI is InChI=1S/C42H56O7Si/c1-30(28-49-50(42(5,6)7,36-16-12-10-13-17-36)37-18-14-11-15-19-37)26-32(3)40(48-29-34-21-23-35(46-8)24-22-34)27-39(44)31(2)20-25-38(43)33(4)41(45)47-9/h10-26,32-33,38-40,43-44H,2,27-29H2,1,3-9H3/b25-20+,30-26+/t32-,33-,38+,39+,40+/m1/s1. The number of methoxy groups -OCH3 is 2. The fourth-order valence-electron chi connectivity index (χ4n) is 6.14. The second-order valence-corrected chi connectivity index (χ2v) is 18.3. The second kappa shape index (κ2) is 19.0. The highest BCUT2D eigenvalue weighted by Gasteiger charge is 2.50. The Labute approximate surface area is 300 Å². The smallest absolute Gasteiger partial charge is 0.311 e. The summed E-state index contributed by atoms with van der Waals surface area (Å²) >= 11 is 0. The fourth-order valence-corrected chi connectivity index (χ4v) is 10.7. The molecule has 0 fully saturated rings. The highest BCUT2D eigenvalue weighted by atomic mass is 28.4. The summed E-state index contributed by atoms with van der Waals surface area (Å²) in [5, 5.41) is 23.9. The van der Waals surface area contributed by atoms with E-state index in [9.17, 15) is 15.0 Å². The fraction of sp³-hybridized carbons (Fsp3) is 0.405. The largest absolute Gasteiger partial charge is 0.497 e. The third kappa shape index (κ3) is 10.9. The number of rotatable bonds is 18. The molecule has 7 nitrogen and oxygen atoms in total. The lowest BCUT2D eigenvalue weighted by atomic mass is 9.93. The van der Waals surface area contributed by atoms with E-state index in [4.69, 9.17) is 18.6 Å². The van der Waals surface area contributed by atoms with Crippen LogP contribution in [0.1, 0.15) is 53.5 Å². The molecule has 3 rings (SSSR count). The zero-order chi connectivity index (χ0) is 36.9. The van der Waals surface area contributed by atoms with Gasteiger partial charge in [0, 0.05) is 12.3 Å². The summed E-state index contributed by atoms with van der Waals surface area (Å²) in [6.45, 7) is 17.4. The molecule has 0 aromatic heterocycles. The minimum absolute atomic E-state index is 0.0904. The number of hydrogen-bond acceptors (Lipinski definition) is 7. The molecular weight excluding hydrogens is 645 g/mol. The number of hydrogen-bond donors (Lipinski definition) is 2. The number of aliphatic hydroxyl groups is 2. The summed E-state index contributed by atoms with van der Waals surface area (Å²) in [6, 6.07) is 28.9. The zero-order valence-electron chi connectivity index (χ0n) is 31.0. The van der Waals surface area contributed by atoms with Gasteiger partial charge >= 0.3 is 5.97 Å². The normalized spacial score (nSPS) is 15.6. The van der Waals surface area contributed by atoms with E-state index in [1.54, 1.807) is 20.1 Å². The van der Waals surface area contributed by atoms with Crippen molar-refractivity contribution in [3.05, 3.63) is 126 Å². The monoisotopic (exact) mass is 700 g/mol. The van der Waals surface area contributed by atoms with Crippen LogP contribution in [-0.2, 0) is 25.3 Å². The van der Waals surface area contributed by atoms with Gasteiger partial charge in [0.25, 0.3) is 8.32 Å². The van der Waals surface area contributed by atoms with Gasteiger partial charge in [-0.1, -0.05) is 131 Å². The van der Waals surface area contributed by atoms with Crippen molar-refractivity contribution < 1.29 is 33.6 Å². The Kier molecular flexibility index (Phi) is 15.4. The molecule has 0 spiro atoms. The van der Waals surface area contributed by atoms with Gasteiger partial charge < -0.3 is 28.8 Å². The number of benzene rings is 3. The third-order valence-electron chi connectivity index (χ3n) is 9.17. The van der Waals surface area contributed by atoms with Gasteiger partial charge in [0.05, 0.1) is 51.7 Å². The lowest BCUT2D eigenvalue weighted by Crippen LogP contribution is -2.66. The number of aliphatic hydroxyl groups excluding tert-OH is 2. The molecule has 0 unspecified atom stereocenters. The molecular formula is C42H56O7Si. The maximum absolute atomic E-state index is 11.8. The Balaban J connectivity index is 1.86. The molecule has 270 valence electrons. The molecule has 3 aromatic carbocycles. The van der Waals surface area contributed by atoms with Crippen molar-refractivity contribution in [2.45, 2.75) is 77.9 Å². The summed E-state index contributed by atoms with van der Waals surface area (Å²) < 4.78 is 23.7. The van der Waals surface area contributed by atoms with Crippen LogP contribution < -0.4 is 15.1 Å². The van der Waals surface area contributed by atoms with E-state index in [2.05, 4.69) is 95.8 Å². The van der Waals surface area contributed by atoms with Gasteiger partial charge in [-0.2, -0.15) is 0 Å². The van der Waals surface area contributed by atoms with Gasteiger partial charge in [-0.3, -0.25) is 4.79 Å². The lowest BCUT2D eigenvalue weighted by Gasteiger charge is -2.43. The topological polar surface area (TPSA) is 94.5 Å². The van der Waals surface area contributed by atoms with E-state index in [-0.39, 0.29) is 23.5 Å². The molecule has 3 aromatic rings. The molecule has 0 bridgehead atoms. The van der Waals surface area contributed by atoms with Crippen molar-refractivity contribution in [1.29, 1.82) is 0 Å². The molecule has 50 heavy (non-hydrogen) atoms. The molecule has 0 aliphatic heterocycles. The first-order valence-corrected chi connectivity index (χ1v) is 19.1. The van der Waals surface area contributed by atoms with E-state index in [0.29, 0.717) is 18.8 Å². The minimum atomic E-state index is -2.73. The van der Waals surface area contributed by atoms with Crippen LogP contribution >= 0.6 is 0 Å². The van der Waals surface area contributed by atoms with Crippen molar-refractivity contribution in [3.8, 4) is 5.75 Å². The van der Waals surface area contributed by atoms with Crippen LogP contribution in [0.5, 0.6) is 5.75 Å². The van der Waals surface area contributed by atoms with Gasteiger partial charge in [-0.15, -0.1) is 0 Å². The van der Waals surface area contributed by atoms with Gasteiger partial charge in [0.2, 0.25) is 0 Å². The highest BCUT2D eigenvalue weighted by Crippen LogP contribution is 2.37. The molecule has 0 heterocycles. The third-order valence-corrected chi connectivity index (χ3v) is 14.1. The van der Waals surface area contributed by atoms with Gasteiger partial charge in [-0.05, 0) is 52.5 Å². The average Bonchev–Trinajstić information content (AvgIpc) is 3.12. The molecule has 0 amide bonds. The van der Waals surface area contributed by atoms with Crippen LogP contribution in [0.4, 0.5) is 0 Å². The van der Waals surface area contributed by atoms with E-state index < -0.39 is 32.4 Å². The van der Waals surface area contributed by atoms with Crippen LogP contribution in [-0.4, -0.2) is 63.6 Å². The van der Waals surface area contributed by atoms with E-state index in [1.807, 2.05) is 36.4 Å². The average molecular weight is 701 g/mol. The predicted octanol–water partition coefficient (Wildman–Crippen LogP) is 6.77. The number of carbonyl (C=O) groups is 1. The summed E-state index contributed by atoms with van der Waals surface area (Å²) in [6.07, 6.45) is 3.05. The molecule has 5 atom stereocenters. The summed E-state index contributed by atoms with van der Waals surface area (Å²) in [5.74, 6) is -0.594. The Hall–Kier alpha value is -3.79. The number of ether oxygens (including phenoxy) is 3. The van der Waals surface area contributed by atoms with Crippen molar-refractivity contribution >= 4 is 24.7 Å². The molecule has 0 radical (unpaired) electrons. The van der Waals surface area contributed by atoms with Gasteiger partial charge in [0.15, 0.2) is 0 Å². The van der Waals surface area contributed by atoms with Crippen molar-refractivity contribution in [2.75, 3.05) is 20.8 Å². The van der Waals surface area contributed by atoms with Crippen LogP contribution in [0.15, 0.2) is 121 Å². The number of carbonyl (C=O) groups excluding carboxylic acids is 1. The van der Waals surface area contributed by atoms with E-state index in [1.165, 1.54) is 23.6 Å². The van der Waals surface area contributed by atoms with Crippen LogP contribution in [0.2, 0.25) is 5.04 Å². The highest BCUT2D eigenvalue weighted by molar-refractivity contribution is 6.99. The summed E-state index contributed by atoms with van der Waals surface area (Å²) in [4.78, 5) is 11.8. The van der Waals surface area contributed by atoms with Crippen molar-refractivity contribution in [3.63, 3.8) is 0 Å². The van der Waals surface area contributed by atoms with Crippen LogP contribution in [0.25, 0.3) is 0 Å². The SMILES string of the molecule is C=C(/C=C/[C@H](O)[C@@H](C)C(=O)OC)[C@@H](O)C[C@H](OCc1ccc(OC)cc1)[C@H](C)/C=C(\C)CO[Si](c1ccccc1)(c1ccccc1)C(C)(C)C. The first-order chi connectivity index (χ1) is 23.7. The van der Waals surface area contributed by atoms with Gasteiger partial charge in [-0.25, -0.2) is 0 Å². The Morgan fingerprint density at radius 1 is 0.900 bits per heavy atom. The van der Waals surface area contributed by atoms with Crippen molar-refractivity contribution in [1.82, 2.24) is 0 Å². The minimum Gasteiger partial charge on any atom is -0.497 e. The number of esters is 1. The van der Waals surface area contributed by atoms with Crippen LogP contribution in [0, 0.1) is 11.8 Å². The maximum atomic E-state index is 11.8. The Morgan fingerprint density at radius 2 is 1.46 bits per heavy atom. The predicted molar refractivity (Wildman–Crippen MR) is 204 cm³/mol. The molecule has 0 aliphatic carbocycles. The first-order valence-electron chi connectivity index (χ1n) is 17.2. The molecule has 8 heteroatoms. The Morgan fingerprint density at radius 3 is 1.96 bits per heavy atom. The van der Waals surface area contributed by atoms with E-state index >= 15 is 0 Å². The van der Waals surface area contributed by atoms with Crippen LogP contribution in [0.3, 0.4) is 0 Å². The van der Waals surface area contributed by atoms with Gasteiger partial charge in [0.1, 0.15) is 5.75 Å². The lowest BCUT2D eigenvalue weighted by molar-refractivity contribution is -0.147. The molecule has 0 saturated heterocycles. The first kappa shape index (κ1) is 40.6.